The van der Waals surface area contributed by atoms with Crippen LogP contribution in [-0.2, 0) is 0 Å². The summed E-state index contributed by atoms with van der Waals surface area (Å²) >= 11 is 0. The number of phenolic OH excluding ortho intramolecular Hbond substituents is 2. The average molecular weight is 270 g/mol. The number of hydrogen-bond acceptors (Lipinski definition) is 4. The first-order valence-electron chi connectivity index (χ1n) is 5.84. The van der Waals surface area contributed by atoms with Crippen molar-refractivity contribution in [1.82, 2.24) is 9.55 Å². The molecule has 0 bridgehead atoms. The van der Waals surface area contributed by atoms with Crippen molar-refractivity contribution < 1.29 is 10.2 Å². The molecular formula is C14H10N2O4. The molecule has 0 spiro atoms. The lowest BCUT2D eigenvalue weighted by atomic mass is 10.2. The van der Waals surface area contributed by atoms with E-state index in [-0.39, 0.29) is 22.6 Å². The highest BCUT2D eigenvalue weighted by atomic mass is 16.3. The van der Waals surface area contributed by atoms with E-state index in [1.165, 1.54) is 30.3 Å². The van der Waals surface area contributed by atoms with Crippen molar-refractivity contribution in [2.24, 2.45) is 0 Å². The van der Waals surface area contributed by atoms with E-state index in [0.717, 1.165) is 4.57 Å². The second-order valence-corrected chi connectivity index (χ2v) is 4.29. The minimum Gasteiger partial charge on any atom is -0.508 e. The van der Waals surface area contributed by atoms with Gasteiger partial charge in [-0.25, -0.2) is 9.36 Å². The maximum atomic E-state index is 12.4. The fraction of sp³-hybridized carbons (Fsp3) is 0. The molecule has 3 N–H and O–H groups in total. The predicted molar refractivity (Wildman–Crippen MR) is 73.5 cm³/mol. The molecule has 0 unspecified atom stereocenters. The van der Waals surface area contributed by atoms with Crippen LogP contribution in [0.25, 0.3) is 16.6 Å². The molecule has 0 atom stereocenters. The van der Waals surface area contributed by atoms with Gasteiger partial charge in [-0.3, -0.25) is 4.79 Å². The quantitative estimate of drug-likeness (QED) is 0.616. The smallest absolute Gasteiger partial charge is 0.333 e. The first-order chi connectivity index (χ1) is 9.58. The molecule has 100 valence electrons. The molecule has 0 aliphatic carbocycles. The van der Waals surface area contributed by atoms with Crippen LogP contribution in [0, 0.1) is 0 Å². The van der Waals surface area contributed by atoms with Crippen LogP contribution in [0.5, 0.6) is 11.5 Å². The van der Waals surface area contributed by atoms with Gasteiger partial charge in [-0.15, -0.1) is 0 Å². The van der Waals surface area contributed by atoms with Crippen LogP contribution in [0.2, 0.25) is 0 Å². The van der Waals surface area contributed by atoms with Crippen molar-refractivity contribution in [3.05, 3.63) is 63.3 Å². The molecule has 0 radical (unpaired) electrons. The highest BCUT2D eigenvalue weighted by Crippen LogP contribution is 2.19. The van der Waals surface area contributed by atoms with Crippen LogP contribution in [0.3, 0.4) is 0 Å². The minimum absolute atomic E-state index is 0.0783. The number of nitrogens with zero attached hydrogens (tertiary/aromatic N) is 1. The highest BCUT2D eigenvalue weighted by molar-refractivity contribution is 5.79. The second kappa shape index (κ2) is 4.27. The second-order valence-electron chi connectivity index (χ2n) is 4.29. The number of hydrogen-bond donors (Lipinski definition) is 3. The molecule has 0 saturated heterocycles. The normalized spacial score (nSPS) is 10.8. The topological polar surface area (TPSA) is 95.3 Å². The van der Waals surface area contributed by atoms with Crippen molar-refractivity contribution >= 4 is 10.9 Å². The first-order valence-corrected chi connectivity index (χ1v) is 5.84. The first kappa shape index (κ1) is 12.0. The van der Waals surface area contributed by atoms with Crippen molar-refractivity contribution in [2.75, 3.05) is 0 Å². The van der Waals surface area contributed by atoms with Crippen LogP contribution in [0.15, 0.2) is 52.1 Å². The number of para-hydroxylation sites is 2. The number of aromatic amines is 1. The lowest BCUT2D eigenvalue weighted by molar-refractivity contribution is 0.471. The molecule has 0 aliphatic rings. The van der Waals surface area contributed by atoms with Gasteiger partial charge in [0, 0.05) is 0 Å². The average Bonchev–Trinajstić information content (AvgIpc) is 2.42. The van der Waals surface area contributed by atoms with Gasteiger partial charge < -0.3 is 15.2 Å². The van der Waals surface area contributed by atoms with E-state index >= 15 is 0 Å². The van der Waals surface area contributed by atoms with Gasteiger partial charge in [-0.1, -0.05) is 12.1 Å². The predicted octanol–water partition coefficient (Wildman–Crippen LogP) is 1.09. The summed E-state index contributed by atoms with van der Waals surface area (Å²) in [6.45, 7) is 0. The fourth-order valence-electron chi connectivity index (χ4n) is 2.07. The number of aromatic hydroxyl groups is 2. The number of fused-ring (bicyclic) bond motifs is 1. The maximum absolute atomic E-state index is 12.4. The Morgan fingerprint density at radius 1 is 1.00 bits per heavy atom. The van der Waals surface area contributed by atoms with Crippen molar-refractivity contribution in [3.63, 3.8) is 0 Å². The minimum atomic E-state index is -0.658. The lowest BCUT2D eigenvalue weighted by Gasteiger charge is -2.08. The number of benzene rings is 2. The highest BCUT2D eigenvalue weighted by Gasteiger charge is 2.12. The van der Waals surface area contributed by atoms with Gasteiger partial charge in [0.1, 0.15) is 11.5 Å². The van der Waals surface area contributed by atoms with E-state index in [9.17, 15) is 19.8 Å². The van der Waals surface area contributed by atoms with Crippen LogP contribution in [-0.4, -0.2) is 19.8 Å². The largest absolute Gasteiger partial charge is 0.508 e. The van der Waals surface area contributed by atoms with Gasteiger partial charge in [0.15, 0.2) is 0 Å². The third kappa shape index (κ3) is 1.74. The third-order valence-corrected chi connectivity index (χ3v) is 3.00. The molecule has 0 saturated carbocycles. The van der Waals surface area contributed by atoms with Crippen molar-refractivity contribution in [2.45, 2.75) is 0 Å². The van der Waals surface area contributed by atoms with Crippen LogP contribution in [0.1, 0.15) is 0 Å². The van der Waals surface area contributed by atoms with Gasteiger partial charge in [0.05, 0.1) is 16.6 Å². The maximum Gasteiger partial charge on any atom is 0.333 e. The van der Waals surface area contributed by atoms with E-state index in [1.807, 2.05) is 0 Å². The molecule has 20 heavy (non-hydrogen) atoms. The molecular weight excluding hydrogens is 260 g/mol. The number of rotatable bonds is 1. The number of phenols is 2. The summed E-state index contributed by atoms with van der Waals surface area (Å²) in [4.78, 5) is 26.9. The molecule has 1 heterocycles. The van der Waals surface area contributed by atoms with Gasteiger partial charge in [0.2, 0.25) is 0 Å². The molecule has 0 amide bonds. The van der Waals surface area contributed by atoms with Gasteiger partial charge >= 0.3 is 5.69 Å². The summed E-state index contributed by atoms with van der Waals surface area (Å²) in [5.74, 6) is -0.259. The Hall–Kier alpha value is -3.02. The van der Waals surface area contributed by atoms with E-state index in [4.69, 9.17) is 0 Å². The molecule has 3 aromatic rings. The summed E-state index contributed by atoms with van der Waals surface area (Å²) in [5.41, 5.74) is -0.857. The monoisotopic (exact) mass is 270 g/mol. The Labute approximate surface area is 112 Å². The van der Waals surface area contributed by atoms with E-state index < -0.39 is 11.2 Å². The Morgan fingerprint density at radius 2 is 1.75 bits per heavy atom. The molecule has 2 aromatic carbocycles. The zero-order valence-corrected chi connectivity index (χ0v) is 10.2. The summed E-state index contributed by atoms with van der Waals surface area (Å²) in [7, 11) is 0. The Kier molecular flexibility index (Phi) is 2.57. The summed E-state index contributed by atoms with van der Waals surface area (Å²) in [6.07, 6.45) is 0. The van der Waals surface area contributed by atoms with Crippen LogP contribution < -0.4 is 11.2 Å². The van der Waals surface area contributed by atoms with Crippen molar-refractivity contribution in [1.29, 1.82) is 0 Å². The Bertz CT molecular complexity index is 924. The zero-order valence-electron chi connectivity index (χ0n) is 10.2. The Balaban J connectivity index is 2.46. The summed E-state index contributed by atoms with van der Waals surface area (Å²) in [5, 5.41) is 19.4. The van der Waals surface area contributed by atoms with Gasteiger partial charge in [0.25, 0.3) is 5.56 Å². The summed E-state index contributed by atoms with van der Waals surface area (Å²) < 4.78 is 0.830. The van der Waals surface area contributed by atoms with Gasteiger partial charge in [-0.05, 0) is 30.3 Å². The molecule has 0 fully saturated rings. The SMILES string of the molecule is O=c1[nH]c2ccc(O)cc2c(=O)n1-c1ccccc1O. The fourth-order valence-corrected chi connectivity index (χ4v) is 2.07. The molecule has 3 rings (SSSR count). The number of aromatic nitrogens is 2. The third-order valence-electron chi connectivity index (χ3n) is 3.00. The number of nitrogens with one attached hydrogen (secondary N) is 1. The summed E-state index contributed by atoms with van der Waals surface area (Å²) in [6, 6.07) is 10.1. The zero-order chi connectivity index (χ0) is 14.3. The molecule has 0 aliphatic heterocycles. The van der Waals surface area contributed by atoms with Gasteiger partial charge in [-0.2, -0.15) is 0 Å². The molecule has 1 aromatic heterocycles. The van der Waals surface area contributed by atoms with Crippen LogP contribution >= 0.6 is 0 Å². The Morgan fingerprint density at radius 3 is 2.50 bits per heavy atom. The molecule has 6 nitrogen and oxygen atoms in total. The number of H-pyrrole nitrogens is 1. The van der Waals surface area contributed by atoms with Crippen LogP contribution in [0.4, 0.5) is 0 Å². The van der Waals surface area contributed by atoms with Crippen molar-refractivity contribution in [3.8, 4) is 17.2 Å². The standard InChI is InChI=1S/C14H10N2O4/c17-8-5-6-10-9(7-8)13(19)16(14(20)15-10)11-3-1-2-4-12(11)18/h1-7,17-18H,(H,15,20). The molecule has 6 heteroatoms. The van der Waals surface area contributed by atoms with E-state index in [2.05, 4.69) is 4.98 Å². The lowest BCUT2D eigenvalue weighted by Crippen LogP contribution is -2.33. The van der Waals surface area contributed by atoms with E-state index in [1.54, 1.807) is 12.1 Å². The van der Waals surface area contributed by atoms with E-state index in [0.29, 0.717) is 5.52 Å².